The average molecular weight is 259 g/mol. The molecule has 0 radical (unpaired) electrons. The van der Waals surface area contributed by atoms with Crippen molar-refractivity contribution in [3.63, 3.8) is 0 Å². The van der Waals surface area contributed by atoms with Gasteiger partial charge in [-0.2, -0.15) is 0 Å². The molecule has 0 saturated heterocycles. The topological polar surface area (TPSA) is 59.3 Å². The fraction of sp³-hybridized carbons (Fsp3) is 0.200. The van der Waals surface area contributed by atoms with E-state index in [-0.39, 0.29) is 6.42 Å². The van der Waals surface area contributed by atoms with Gasteiger partial charge in [-0.15, -0.1) is 0 Å². The Morgan fingerprint density at radius 1 is 1.21 bits per heavy atom. The van der Waals surface area contributed by atoms with E-state index in [0.29, 0.717) is 17.7 Å². The zero-order valence-electron chi connectivity index (χ0n) is 11.0. The molecule has 1 aromatic heterocycles. The molecular formula is C15H17NO3. The third kappa shape index (κ3) is 4.79. The number of rotatable bonds is 3. The van der Waals surface area contributed by atoms with E-state index in [1.54, 1.807) is 23.7 Å². The van der Waals surface area contributed by atoms with E-state index in [1.165, 1.54) is 5.56 Å². The second kappa shape index (κ2) is 7.16. The quantitative estimate of drug-likeness (QED) is 0.861. The van der Waals surface area contributed by atoms with Crippen molar-refractivity contribution in [2.45, 2.75) is 13.3 Å². The van der Waals surface area contributed by atoms with Crippen molar-refractivity contribution in [1.29, 1.82) is 0 Å². The Balaban J connectivity index is 0.000000218. The lowest BCUT2D eigenvalue weighted by atomic mass is 10.2. The van der Waals surface area contributed by atoms with Crippen LogP contribution in [0.2, 0.25) is 0 Å². The molecule has 0 aliphatic rings. The second-order valence-electron chi connectivity index (χ2n) is 4.15. The Morgan fingerprint density at radius 2 is 1.84 bits per heavy atom. The fourth-order valence-corrected chi connectivity index (χ4v) is 1.56. The number of aromatic nitrogens is 1. The van der Waals surface area contributed by atoms with Gasteiger partial charge in [0.2, 0.25) is 0 Å². The molecule has 0 fully saturated rings. The lowest BCUT2D eigenvalue weighted by Gasteiger charge is -2.00. The lowest BCUT2D eigenvalue weighted by molar-refractivity contribution is -0.136. The maximum atomic E-state index is 10.4. The lowest BCUT2D eigenvalue weighted by Crippen LogP contribution is -2.06. The molecule has 2 rings (SSSR count). The molecule has 4 heteroatoms. The Kier molecular flexibility index (Phi) is 5.54. The van der Waals surface area contributed by atoms with Crippen LogP contribution < -0.4 is 0 Å². The van der Waals surface area contributed by atoms with Crippen LogP contribution in [0.1, 0.15) is 21.7 Å². The summed E-state index contributed by atoms with van der Waals surface area (Å²) >= 11 is 0. The summed E-state index contributed by atoms with van der Waals surface area (Å²) in [5, 5.41) is 8.47. The van der Waals surface area contributed by atoms with E-state index >= 15 is 0 Å². The number of carbonyl (C=O) groups is 2. The van der Waals surface area contributed by atoms with Gasteiger partial charge in [-0.1, -0.05) is 35.9 Å². The molecule has 0 bridgehead atoms. The first-order chi connectivity index (χ1) is 9.04. The number of carboxylic acids is 1. The van der Waals surface area contributed by atoms with Gasteiger partial charge < -0.3 is 9.67 Å². The Hall–Kier alpha value is -2.36. The van der Waals surface area contributed by atoms with Crippen LogP contribution in [-0.2, 0) is 18.3 Å². The monoisotopic (exact) mass is 259 g/mol. The highest BCUT2D eigenvalue weighted by Gasteiger charge is 2.06. The van der Waals surface area contributed by atoms with E-state index in [1.807, 2.05) is 18.2 Å². The van der Waals surface area contributed by atoms with Gasteiger partial charge in [0.25, 0.3) is 0 Å². The highest BCUT2D eigenvalue weighted by Crippen LogP contribution is 2.05. The molecule has 4 nitrogen and oxygen atoms in total. The average Bonchev–Trinajstić information content (AvgIpc) is 2.71. The number of aldehydes is 1. The predicted molar refractivity (Wildman–Crippen MR) is 73.3 cm³/mol. The zero-order chi connectivity index (χ0) is 14.3. The summed E-state index contributed by atoms with van der Waals surface area (Å²) in [6.07, 6.45) is 0.649. The molecule has 0 unspecified atom stereocenters. The SMILES string of the molecule is Cc1ccccc1.Cn1c(C=O)ccc1CC(=O)O. The Bertz CT molecular complexity index is 544. The number of nitrogens with zero attached hydrogens (tertiary/aromatic N) is 1. The first-order valence-electron chi connectivity index (χ1n) is 5.88. The third-order valence-corrected chi connectivity index (χ3v) is 2.66. The Morgan fingerprint density at radius 3 is 2.21 bits per heavy atom. The van der Waals surface area contributed by atoms with Crippen molar-refractivity contribution in [3.8, 4) is 0 Å². The summed E-state index contributed by atoms with van der Waals surface area (Å²) in [6, 6.07) is 13.5. The van der Waals surface area contributed by atoms with Gasteiger partial charge in [0, 0.05) is 12.7 Å². The summed E-state index contributed by atoms with van der Waals surface area (Å²) in [5.74, 6) is -0.895. The minimum atomic E-state index is -0.895. The third-order valence-electron chi connectivity index (χ3n) is 2.66. The van der Waals surface area contributed by atoms with Gasteiger partial charge in [0.05, 0.1) is 12.1 Å². The van der Waals surface area contributed by atoms with Crippen LogP contribution in [-0.4, -0.2) is 21.9 Å². The highest BCUT2D eigenvalue weighted by molar-refractivity contribution is 5.74. The normalized spacial score (nSPS) is 9.37. The minimum absolute atomic E-state index is 0.0513. The largest absolute Gasteiger partial charge is 0.481 e. The van der Waals surface area contributed by atoms with Crippen molar-refractivity contribution < 1.29 is 14.7 Å². The molecular weight excluding hydrogens is 242 g/mol. The Labute approximate surface area is 112 Å². The van der Waals surface area contributed by atoms with Gasteiger partial charge in [0.1, 0.15) is 0 Å². The van der Waals surface area contributed by atoms with Crippen molar-refractivity contribution >= 4 is 12.3 Å². The van der Waals surface area contributed by atoms with Crippen LogP contribution in [0.5, 0.6) is 0 Å². The maximum absolute atomic E-state index is 10.4. The van der Waals surface area contributed by atoms with E-state index < -0.39 is 5.97 Å². The van der Waals surface area contributed by atoms with E-state index in [0.717, 1.165) is 0 Å². The van der Waals surface area contributed by atoms with E-state index in [2.05, 4.69) is 19.1 Å². The molecule has 0 atom stereocenters. The fourth-order valence-electron chi connectivity index (χ4n) is 1.56. The summed E-state index contributed by atoms with van der Waals surface area (Å²) in [6.45, 7) is 2.08. The van der Waals surface area contributed by atoms with Crippen molar-refractivity contribution in [1.82, 2.24) is 4.57 Å². The summed E-state index contributed by atoms with van der Waals surface area (Å²) in [5.41, 5.74) is 2.44. The van der Waals surface area contributed by atoms with E-state index in [9.17, 15) is 9.59 Å². The molecule has 1 heterocycles. The van der Waals surface area contributed by atoms with Crippen molar-refractivity contribution in [2.75, 3.05) is 0 Å². The summed E-state index contributed by atoms with van der Waals surface area (Å²) in [4.78, 5) is 20.7. The number of benzene rings is 1. The molecule has 1 aromatic carbocycles. The van der Waals surface area contributed by atoms with Crippen LogP contribution >= 0.6 is 0 Å². The van der Waals surface area contributed by atoms with Crippen LogP contribution in [0.4, 0.5) is 0 Å². The highest BCUT2D eigenvalue weighted by atomic mass is 16.4. The number of carboxylic acid groups (broad SMARTS) is 1. The van der Waals surface area contributed by atoms with Gasteiger partial charge in [-0.3, -0.25) is 9.59 Å². The molecule has 1 N–H and O–H groups in total. The predicted octanol–water partition coefficient (Wildman–Crippen LogP) is 2.46. The number of aliphatic carboxylic acids is 1. The molecule has 100 valence electrons. The maximum Gasteiger partial charge on any atom is 0.309 e. The van der Waals surface area contributed by atoms with Crippen LogP contribution in [0.15, 0.2) is 42.5 Å². The number of hydrogen-bond donors (Lipinski definition) is 1. The molecule has 0 saturated carbocycles. The van der Waals surface area contributed by atoms with Gasteiger partial charge >= 0.3 is 5.97 Å². The number of hydrogen-bond acceptors (Lipinski definition) is 2. The first-order valence-corrected chi connectivity index (χ1v) is 5.88. The standard InChI is InChI=1S/C8H9NO3.C7H8/c1-9-6(4-8(11)12)2-3-7(9)5-10;1-7-5-3-2-4-6-7/h2-3,5H,4H2,1H3,(H,11,12);2-6H,1H3. The van der Waals surface area contributed by atoms with Crippen LogP contribution in [0.3, 0.4) is 0 Å². The van der Waals surface area contributed by atoms with E-state index in [4.69, 9.17) is 5.11 Å². The summed E-state index contributed by atoms with van der Waals surface area (Å²) < 4.78 is 1.57. The minimum Gasteiger partial charge on any atom is -0.481 e. The molecule has 0 amide bonds. The van der Waals surface area contributed by atoms with Gasteiger partial charge in [-0.05, 0) is 19.1 Å². The molecule has 0 aliphatic carbocycles. The zero-order valence-corrected chi connectivity index (χ0v) is 11.0. The molecule has 2 aromatic rings. The first kappa shape index (κ1) is 14.7. The van der Waals surface area contributed by atoms with Gasteiger partial charge in [0.15, 0.2) is 6.29 Å². The van der Waals surface area contributed by atoms with Crippen LogP contribution in [0.25, 0.3) is 0 Å². The van der Waals surface area contributed by atoms with Crippen molar-refractivity contribution in [3.05, 3.63) is 59.4 Å². The second-order valence-corrected chi connectivity index (χ2v) is 4.15. The number of aryl methyl sites for hydroxylation is 1. The van der Waals surface area contributed by atoms with Gasteiger partial charge in [-0.25, -0.2) is 0 Å². The molecule has 0 aliphatic heterocycles. The summed E-state index contributed by atoms with van der Waals surface area (Å²) in [7, 11) is 1.67. The van der Waals surface area contributed by atoms with Crippen molar-refractivity contribution in [2.24, 2.45) is 7.05 Å². The molecule has 0 spiro atoms. The number of carbonyl (C=O) groups excluding carboxylic acids is 1. The smallest absolute Gasteiger partial charge is 0.309 e. The van der Waals surface area contributed by atoms with Crippen LogP contribution in [0, 0.1) is 6.92 Å². The molecule has 19 heavy (non-hydrogen) atoms.